The highest BCUT2D eigenvalue weighted by atomic mass is 16.5. The third-order valence-corrected chi connectivity index (χ3v) is 4.24. The fraction of sp³-hybridized carbons (Fsp3) is 0.278. The van der Waals surface area contributed by atoms with Crippen molar-refractivity contribution >= 4 is 11.8 Å². The van der Waals surface area contributed by atoms with E-state index >= 15 is 0 Å². The number of ether oxygens (including phenoxy) is 2. The first-order valence-electron chi connectivity index (χ1n) is 7.55. The van der Waals surface area contributed by atoms with Crippen LogP contribution in [0.1, 0.15) is 29.3 Å². The van der Waals surface area contributed by atoms with E-state index in [0.717, 1.165) is 30.9 Å². The molecule has 0 bridgehead atoms. The molecule has 1 atom stereocenters. The van der Waals surface area contributed by atoms with Crippen molar-refractivity contribution in [3.8, 4) is 5.75 Å². The number of nitrogens with zero attached hydrogens (tertiary/aromatic N) is 2. The monoisotopic (exact) mass is 294 g/mol. The lowest BCUT2D eigenvalue weighted by atomic mass is 9.97. The summed E-state index contributed by atoms with van der Waals surface area (Å²) in [5, 5.41) is 0. The van der Waals surface area contributed by atoms with Crippen LogP contribution in [0.4, 0.5) is 0 Å². The minimum absolute atomic E-state index is 0.00569. The maximum atomic E-state index is 6.04. The van der Waals surface area contributed by atoms with Crippen molar-refractivity contribution in [2.45, 2.75) is 12.6 Å². The summed E-state index contributed by atoms with van der Waals surface area (Å²) in [5.74, 6) is 0.869. The van der Waals surface area contributed by atoms with Crippen LogP contribution in [-0.4, -0.2) is 30.1 Å². The Kier molecular flexibility index (Phi) is 3.31. The normalized spacial score (nSPS) is 20.0. The third kappa shape index (κ3) is 2.16. The molecule has 1 saturated heterocycles. The van der Waals surface area contributed by atoms with Crippen molar-refractivity contribution in [3.63, 3.8) is 0 Å². The highest BCUT2D eigenvalue weighted by molar-refractivity contribution is 5.83. The quantitative estimate of drug-likeness (QED) is 0.851. The molecule has 4 nitrogen and oxygen atoms in total. The van der Waals surface area contributed by atoms with Crippen molar-refractivity contribution in [1.82, 2.24) is 9.88 Å². The molecular formula is C18H18N2O2. The van der Waals surface area contributed by atoms with Crippen LogP contribution >= 0.6 is 0 Å². The van der Waals surface area contributed by atoms with E-state index in [4.69, 9.17) is 9.47 Å². The Labute approximate surface area is 130 Å². The first kappa shape index (κ1) is 13.3. The van der Waals surface area contributed by atoms with Gasteiger partial charge in [0, 0.05) is 35.8 Å². The van der Waals surface area contributed by atoms with Gasteiger partial charge in [-0.15, -0.1) is 0 Å². The molecule has 2 aromatic rings. The smallest absolute Gasteiger partial charge is 0.157 e. The van der Waals surface area contributed by atoms with Crippen molar-refractivity contribution in [1.29, 1.82) is 0 Å². The fourth-order valence-electron chi connectivity index (χ4n) is 3.15. The summed E-state index contributed by atoms with van der Waals surface area (Å²) in [6, 6.07) is 10.2. The van der Waals surface area contributed by atoms with Crippen LogP contribution < -0.4 is 4.74 Å². The topological polar surface area (TPSA) is 34.6 Å². The Morgan fingerprint density at radius 2 is 2.09 bits per heavy atom. The standard InChI is InChI=1S/C18H18N2O2/c1-21-15-5-3-13(4-6-15)17-11-14-12-19-8-7-16(14)18-20(17)9-2-10-22-18/h3-8,11-12,18H,2,9-10H2,1H3. The highest BCUT2D eigenvalue weighted by Gasteiger charge is 2.32. The van der Waals surface area contributed by atoms with Crippen LogP contribution in [0.5, 0.6) is 5.75 Å². The summed E-state index contributed by atoms with van der Waals surface area (Å²) in [5.41, 5.74) is 4.70. The predicted octanol–water partition coefficient (Wildman–Crippen LogP) is 3.32. The van der Waals surface area contributed by atoms with Crippen LogP contribution in [-0.2, 0) is 4.74 Å². The van der Waals surface area contributed by atoms with E-state index in [-0.39, 0.29) is 6.23 Å². The fourth-order valence-corrected chi connectivity index (χ4v) is 3.15. The molecule has 4 rings (SSSR count). The van der Waals surface area contributed by atoms with Gasteiger partial charge in [-0.3, -0.25) is 4.98 Å². The zero-order valence-corrected chi connectivity index (χ0v) is 12.5. The Bertz CT molecular complexity index is 709. The molecule has 0 N–H and O–H groups in total. The summed E-state index contributed by atoms with van der Waals surface area (Å²) < 4.78 is 11.3. The zero-order valence-electron chi connectivity index (χ0n) is 12.5. The molecule has 0 aliphatic carbocycles. The maximum Gasteiger partial charge on any atom is 0.157 e. The molecule has 0 amide bonds. The molecule has 1 aromatic carbocycles. The minimum Gasteiger partial charge on any atom is -0.497 e. The molecule has 22 heavy (non-hydrogen) atoms. The summed E-state index contributed by atoms with van der Waals surface area (Å²) in [7, 11) is 1.69. The molecular weight excluding hydrogens is 276 g/mol. The molecule has 2 aliphatic heterocycles. The molecule has 0 saturated carbocycles. The van der Waals surface area contributed by atoms with E-state index in [0.29, 0.717) is 0 Å². The van der Waals surface area contributed by atoms with Gasteiger partial charge < -0.3 is 14.4 Å². The number of hydrogen-bond acceptors (Lipinski definition) is 4. The van der Waals surface area contributed by atoms with Gasteiger partial charge in [-0.05, 0) is 48.4 Å². The lowest BCUT2D eigenvalue weighted by molar-refractivity contribution is -0.0701. The average molecular weight is 294 g/mol. The second kappa shape index (κ2) is 5.46. The van der Waals surface area contributed by atoms with Crippen molar-refractivity contribution in [2.75, 3.05) is 20.3 Å². The van der Waals surface area contributed by atoms with Gasteiger partial charge in [-0.25, -0.2) is 0 Å². The second-order valence-electron chi connectivity index (χ2n) is 5.53. The summed E-state index contributed by atoms with van der Waals surface area (Å²) in [4.78, 5) is 6.59. The van der Waals surface area contributed by atoms with Gasteiger partial charge >= 0.3 is 0 Å². The molecule has 1 unspecified atom stereocenters. The number of rotatable bonds is 2. The van der Waals surface area contributed by atoms with E-state index in [2.05, 4.69) is 34.2 Å². The van der Waals surface area contributed by atoms with Crippen LogP contribution in [0.3, 0.4) is 0 Å². The Balaban J connectivity index is 1.81. The minimum atomic E-state index is -0.00569. The van der Waals surface area contributed by atoms with Gasteiger partial charge in [0.25, 0.3) is 0 Å². The van der Waals surface area contributed by atoms with Gasteiger partial charge in [-0.1, -0.05) is 0 Å². The van der Waals surface area contributed by atoms with E-state index in [1.54, 1.807) is 7.11 Å². The number of pyridine rings is 1. The summed E-state index contributed by atoms with van der Waals surface area (Å²) in [6.07, 6.45) is 6.99. The van der Waals surface area contributed by atoms with Crippen LogP contribution in [0.25, 0.3) is 11.8 Å². The van der Waals surface area contributed by atoms with E-state index in [1.165, 1.54) is 16.8 Å². The van der Waals surface area contributed by atoms with Gasteiger partial charge in [-0.2, -0.15) is 0 Å². The van der Waals surface area contributed by atoms with Crippen molar-refractivity contribution < 1.29 is 9.47 Å². The Morgan fingerprint density at radius 3 is 2.91 bits per heavy atom. The van der Waals surface area contributed by atoms with Crippen LogP contribution in [0.15, 0.2) is 42.7 Å². The van der Waals surface area contributed by atoms with Crippen molar-refractivity contribution in [3.05, 3.63) is 59.4 Å². The molecule has 1 fully saturated rings. The second-order valence-corrected chi connectivity index (χ2v) is 5.53. The predicted molar refractivity (Wildman–Crippen MR) is 85.1 cm³/mol. The van der Waals surface area contributed by atoms with Gasteiger partial charge in [0.15, 0.2) is 6.23 Å². The van der Waals surface area contributed by atoms with Crippen LogP contribution in [0.2, 0.25) is 0 Å². The number of hydrogen-bond donors (Lipinski definition) is 0. The van der Waals surface area contributed by atoms with E-state index < -0.39 is 0 Å². The Hall–Kier alpha value is -2.33. The number of benzene rings is 1. The SMILES string of the molecule is COc1ccc(C2=Cc3cnccc3C3OCCCN23)cc1. The molecule has 4 heteroatoms. The molecule has 0 radical (unpaired) electrons. The number of fused-ring (bicyclic) bond motifs is 3. The number of methoxy groups -OCH3 is 1. The number of aromatic nitrogens is 1. The van der Waals surface area contributed by atoms with E-state index in [1.807, 2.05) is 24.5 Å². The molecule has 0 spiro atoms. The Morgan fingerprint density at radius 1 is 1.23 bits per heavy atom. The zero-order chi connectivity index (χ0) is 14.9. The molecule has 2 aliphatic rings. The van der Waals surface area contributed by atoms with E-state index in [9.17, 15) is 0 Å². The van der Waals surface area contributed by atoms with Gasteiger partial charge in [0.05, 0.1) is 13.7 Å². The first-order valence-corrected chi connectivity index (χ1v) is 7.55. The summed E-state index contributed by atoms with van der Waals surface area (Å²) in [6.45, 7) is 1.81. The van der Waals surface area contributed by atoms with Crippen molar-refractivity contribution in [2.24, 2.45) is 0 Å². The lowest BCUT2D eigenvalue weighted by Crippen LogP contribution is -2.37. The first-order chi connectivity index (χ1) is 10.9. The lowest BCUT2D eigenvalue weighted by Gasteiger charge is -2.42. The van der Waals surface area contributed by atoms with Crippen LogP contribution in [0, 0.1) is 0 Å². The molecule has 1 aromatic heterocycles. The summed E-state index contributed by atoms with van der Waals surface area (Å²) >= 11 is 0. The maximum absolute atomic E-state index is 6.04. The molecule has 3 heterocycles. The van der Waals surface area contributed by atoms with Gasteiger partial charge in [0.1, 0.15) is 5.75 Å². The molecule has 112 valence electrons. The average Bonchev–Trinajstić information content (AvgIpc) is 2.61. The third-order valence-electron chi connectivity index (χ3n) is 4.24. The van der Waals surface area contributed by atoms with Gasteiger partial charge in [0.2, 0.25) is 0 Å². The largest absolute Gasteiger partial charge is 0.497 e. The highest BCUT2D eigenvalue weighted by Crippen LogP contribution is 2.40.